The maximum atomic E-state index is 13.1. The number of amides is 2. The molecule has 4 rings (SSSR count). The highest BCUT2D eigenvalue weighted by Crippen LogP contribution is 2.44. The summed E-state index contributed by atoms with van der Waals surface area (Å²) < 4.78 is 10.7. The number of nitrogens with zero attached hydrogens (tertiary/aromatic N) is 1. The van der Waals surface area contributed by atoms with E-state index in [4.69, 9.17) is 9.47 Å². The number of carbonyl (C=O) groups excluding carboxylic acids is 2. The zero-order chi connectivity index (χ0) is 24.1. The Balaban J connectivity index is 1.41. The van der Waals surface area contributed by atoms with Gasteiger partial charge in [-0.25, -0.2) is 4.79 Å². The lowest BCUT2D eigenvalue weighted by molar-refractivity contribution is -0.143. The first kappa shape index (κ1) is 23.8. The highest BCUT2D eigenvalue weighted by molar-refractivity contribution is 5.89. The number of hydrogen-bond donors (Lipinski definition) is 2. The maximum Gasteiger partial charge on any atom is 0.407 e. The van der Waals surface area contributed by atoms with Gasteiger partial charge in [-0.3, -0.25) is 9.59 Å². The quantitative estimate of drug-likeness (QED) is 0.619. The number of nitrogens with one attached hydrogen (secondary N) is 1. The first-order chi connectivity index (χ1) is 16.5. The zero-order valence-corrected chi connectivity index (χ0v) is 19.2. The normalized spacial score (nSPS) is 18.0. The summed E-state index contributed by atoms with van der Waals surface area (Å²) in [6.07, 6.45) is 0.451. The number of piperidine rings is 1. The van der Waals surface area contributed by atoms with E-state index in [0.717, 1.165) is 35.1 Å². The fourth-order valence-corrected chi connectivity index (χ4v) is 5.01. The minimum absolute atomic E-state index is 0.0907. The molecular formula is C26H30N2O6. The molecule has 1 aliphatic carbocycles. The van der Waals surface area contributed by atoms with Crippen LogP contribution in [0.2, 0.25) is 0 Å². The third kappa shape index (κ3) is 5.22. The largest absolute Gasteiger partial charge is 0.481 e. The van der Waals surface area contributed by atoms with Crippen LogP contribution in [0.15, 0.2) is 48.5 Å². The van der Waals surface area contributed by atoms with Crippen LogP contribution in [0.3, 0.4) is 0 Å². The van der Waals surface area contributed by atoms with E-state index in [1.165, 1.54) is 0 Å². The summed E-state index contributed by atoms with van der Waals surface area (Å²) >= 11 is 0. The van der Waals surface area contributed by atoms with Crippen LogP contribution in [-0.2, 0) is 19.1 Å². The van der Waals surface area contributed by atoms with Crippen molar-refractivity contribution < 1.29 is 29.0 Å². The summed E-state index contributed by atoms with van der Waals surface area (Å²) in [7, 11) is 1.62. The van der Waals surface area contributed by atoms with E-state index in [1.54, 1.807) is 12.0 Å². The van der Waals surface area contributed by atoms with Gasteiger partial charge in [0.2, 0.25) is 5.91 Å². The number of carbonyl (C=O) groups is 3. The van der Waals surface area contributed by atoms with Crippen LogP contribution >= 0.6 is 0 Å². The molecule has 0 aromatic heterocycles. The van der Waals surface area contributed by atoms with E-state index >= 15 is 0 Å². The zero-order valence-electron chi connectivity index (χ0n) is 19.2. The number of rotatable bonds is 8. The summed E-state index contributed by atoms with van der Waals surface area (Å²) in [6.45, 7) is 1.64. The number of carboxylic acids is 1. The molecule has 8 nitrogen and oxygen atoms in total. The Morgan fingerprint density at radius 1 is 1.06 bits per heavy atom. The Morgan fingerprint density at radius 3 is 2.32 bits per heavy atom. The summed E-state index contributed by atoms with van der Waals surface area (Å²) in [6, 6.07) is 14.8. The Bertz CT molecular complexity index is 1010. The predicted molar refractivity (Wildman–Crippen MR) is 125 cm³/mol. The van der Waals surface area contributed by atoms with Crippen molar-refractivity contribution in [1.29, 1.82) is 0 Å². The third-order valence-corrected chi connectivity index (χ3v) is 6.55. The highest BCUT2D eigenvalue weighted by atomic mass is 16.5. The second-order valence-corrected chi connectivity index (χ2v) is 8.87. The van der Waals surface area contributed by atoms with Crippen molar-refractivity contribution in [3.05, 3.63) is 59.7 Å². The Labute approximate surface area is 198 Å². The van der Waals surface area contributed by atoms with Crippen LogP contribution in [0.1, 0.15) is 36.3 Å². The number of carboxylic acid groups (broad SMARTS) is 1. The number of fused-ring (bicyclic) bond motifs is 3. The number of methoxy groups -OCH3 is 1. The molecule has 2 amide bonds. The molecule has 0 spiro atoms. The fraction of sp³-hybridized carbons (Fsp3) is 0.423. The molecule has 2 atom stereocenters. The highest BCUT2D eigenvalue weighted by Gasteiger charge is 2.33. The van der Waals surface area contributed by atoms with Crippen molar-refractivity contribution in [2.75, 3.05) is 33.4 Å². The molecule has 2 aromatic carbocycles. The summed E-state index contributed by atoms with van der Waals surface area (Å²) in [5.74, 6) is -1.49. The van der Waals surface area contributed by atoms with E-state index in [-0.39, 0.29) is 18.4 Å². The predicted octanol–water partition coefficient (Wildman–Crippen LogP) is 3.25. The van der Waals surface area contributed by atoms with Crippen LogP contribution in [0.5, 0.6) is 0 Å². The standard InChI is InChI=1S/C26H30N2O6/c1-33-15-17-7-6-12-28(14-17)25(31)23(13-24(29)30)27-26(32)34-16-22-20-10-4-2-8-18(20)19-9-3-5-11-21(19)22/h2-5,8-11,17,22-23H,6-7,12-16H2,1H3,(H,27,32)(H,29,30). The van der Waals surface area contributed by atoms with E-state index in [0.29, 0.717) is 19.7 Å². The first-order valence-corrected chi connectivity index (χ1v) is 11.6. The summed E-state index contributed by atoms with van der Waals surface area (Å²) in [5, 5.41) is 11.8. The van der Waals surface area contributed by atoms with Crippen LogP contribution in [-0.4, -0.2) is 67.4 Å². The van der Waals surface area contributed by atoms with Gasteiger partial charge in [-0.05, 0) is 41.0 Å². The van der Waals surface area contributed by atoms with Gasteiger partial charge >= 0.3 is 12.1 Å². The van der Waals surface area contributed by atoms with Crippen LogP contribution in [0, 0.1) is 5.92 Å². The Hall–Kier alpha value is -3.39. The van der Waals surface area contributed by atoms with Gasteiger partial charge in [0.25, 0.3) is 0 Å². The Kier molecular flexibility index (Phi) is 7.47. The third-order valence-electron chi connectivity index (χ3n) is 6.55. The Morgan fingerprint density at radius 2 is 1.71 bits per heavy atom. The van der Waals surface area contributed by atoms with Crippen LogP contribution in [0.25, 0.3) is 11.1 Å². The maximum absolute atomic E-state index is 13.1. The van der Waals surface area contributed by atoms with Crippen LogP contribution < -0.4 is 5.32 Å². The molecule has 1 aliphatic heterocycles. The molecule has 2 aliphatic rings. The minimum Gasteiger partial charge on any atom is -0.481 e. The SMILES string of the molecule is COCC1CCCN(C(=O)C(CC(=O)O)NC(=O)OCC2c3ccccc3-c3ccccc32)C1. The van der Waals surface area contributed by atoms with Gasteiger partial charge in [0.15, 0.2) is 0 Å². The average molecular weight is 467 g/mol. The van der Waals surface area contributed by atoms with E-state index in [2.05, 4.69) is 5.32 Å². The number of benzene rings is 2. The van der Waals surface area contributed by atoms with Gasteiger partial charge in [0.05, 0.1) is 13.0 Å². The van der Waals surface area contributed by atoms with Crippen LogP contribution in [0.4, 0.5) is 4.79 Å². The number of alkyl carbamates (subject to hydrolysis) is 1. The average Bonchev–Trinajstić information content (AvgIpc) is 3.16. The van der Waals surface area contributed by atoms with Gasteiger partial charge in [0.1, 0.15) is 12.6 Å². The fourth-order valence-electron chi connectivity index (χ4n) is 5.01. The van der Waals surface area contributed by atoms with Gasteiger partial charge in [-0.1, -0.05) is 48.5 Å². The van der Waals surface area contributed by atoms with Gasteiger partial charge in [0, 0.05) is 26.1 Å². The minimum atomic E-state index is -1.19. The molecule has 0 bridgehead atoms. The lowest BCUT2D eigenvalue weighted by atomic mass is 9.98. The van der Waals surface area contributed by atoms with Crippen molar-refractivity contribution in [3.63, 3.8) is 0 Å². The monoisotopic (exact) mass is 466 g/mol. The molecule has 1 fully saturated rings. The molecular weight excluding hydrogens is 436 g/mol. The number of hydrogen-bond acceptors (Lipinski definition) is 5. The number of ether oxygens (including phenoxy) is 2. The molecule has 2 N–H and O–H groups in total. The number of aliphatic carboxylic acids is 1. The van der Waals surface area contributed by atoms with Gasteiger partial charge in [-0.2, -0.15) is 0 Å². The lowest BCUT2D eigenvalue weighted by Crippen LogP contribution is -2.52. The molecule has 2 aromatic rings. The summed E-state index contributed by atoms with van der Waals surface area (Å²) in [4.78, 5) is 38.7. The number of likely N-dealkylation sites (tertiary alicyclic amines) is 1. The summed E-state index contributed by atoms with van der Waals surface area (Å²) in [5.41, 5.74) is 4.38. The molecule has 34 heavy (non-hydrogen) atoms. The lowest BCUT2D eigenvalue weighted by Gasteiger charge is -2.34. The molecule has 0 saturated carbocycles. The van der Waals surface area contributed by atoms with Crippen molar-refractivity contribution >= 4 is 18.0 Å². The topological polar surface area (TPSA) is 105 Å². The molecule has 0 radical (unpaired) electrons. The van der Waals surface area contributed by atoms with E-state index in [1.807, 2.05) is 48.5 Å². The molecule has 1 saturated heterocycles. The van der Waals surface area contributed by atoms with Crippen molar-refractivity contribution in [1.82, 2.24) is 10.2 Å². The molecule has 2 unspecified atom stereocenters. The molecule has 1 heterocycles. The smallest absolute Gasteiger partial charge is 0.407 e. The van der Waals surface area contributed by atoms with Crippen molar-refractivity contribution in [2.24, 2.45) is 5.92 Å². The molecule has 180 valence electrons. The second-order valence-electron chi connectivity index (χ2n) is 8.87. The molecule has 8 heteroatoms. The van der Waals surface area contributed by atoms with E-state index in [9.17, 15) is 19.5 Å². The first-order valence-electron chi connectivity index (χ1n) is 11.6. The van der Waals surface area contributed by atoms with Crippen molar-refractivity contribution in [3.8, 4) is 11.1 Å². The van der Waals surface area contributed by atoms with E-state index < -0.39 is 30.4 Å². The van der Waals surface area contributed by atoms with Gasteiger partial charge in [-0.15, -0.1) is 0 Å². The van der Waals surface area contributed by atoms with Gasteiger partial charge < -0.3 is 24.8 Å². The second kappa shape index (κ2) is 10.7. The van der Waals surface area contributed by atoms with Crippen molar-refractivity contribution in [2.45, 2.75) is 31.2 Å².